The van der Waals surface area contributed by atoms with Crippen LogP contribution in [0.1, 0.15) is 17.3 Å². The Labute approximate surface area is 90.6 Å². The standard InChI is InChI=1S/C10H9N3O3/c1-6(14)7-3-9-8(5-11-12(9)2)10(4-7)13(15)16/h3-5H,1-2H3. The number of hydrogen-bond acceptors (Lipinski definition) is 4. The summed E-state index contributed by atoms with van der Waals surface area (Å²) >= 11 is 0. The van der Waals surface area contributed by atoms with Crippen molar-refractivity contribution in [2.24, 2.45) is 7.05 Å². The molecule has 0 saturated carbocycles. The van der Waals surface area contributed by atoms with Gasteiger partial charge < -0.3 is 0 Å². The lowest BCUT2D eigenvalue weighted by Crippen LogP contribution is -1.97. The van der Waals surface area contributed by atoms with Crippen LogP contribution in [0.15, 0.2) is 18.3 Å². The average Bonchev–Trinajstić information content (AvgIpc) is 2.59. The first-order valence-corrected chi connectivity index (χ1v) is 4.62. The minimum Gasteiger partial charge on any atom is -0.295 e. The molecule has 0 radical (unpaired) electrons. The highest BCUT2D eigenvalue weighted by Crippen LogP contribution is 2.27. The summed E-state index contributed by atoms with van der Waals surface area (Å²) < 4.78 is 1.51. The molecule has 0 bridgehead atoms. The number of aryl methyl sites for hydroxylation is 1. The van der Waals surface area contributed by atoms with Crippen molar-refractivity contribution < 1.29 is 9.72 Å². The molecule has 0 aliphatic carbocycles. The summed E-state index contributed by atoms with van der Waals surface area (Å²) in [6.07, 6.45) is 1.43. The number of nitro benzene ring substituents is 1. The van der Waals surface area contributed by atoms with Crippen molar-refractivity contribution in [3.63, 3.8) is 0 Å². The molecule has 0 amide bonds. The van der Waals surface area contributed by atoms with Crippen molar-refractivity contribution in [2.45, 2.75) is 6.92 Å². The quantitative estimate of drug-likeness (QED) is 0.437. The van der Waals surface area contributed by atoms with E-state index < -0.39 is 4.92 Å². The fourth-order valence-corrected chi connectivity index (χ4v) is 1.58. The van der Waals surface area contributed by atoms with Crippen LogP contribution in [0.5, 0.6) is 0 Å². The van der Waals surface area contributed by atoms with Gasteiger partial charge in [-0.15, -0.1) is 0 Å². The van der Waals surface area contributed by atoms with Crippen LogP contribution in [-0.2, 0) is 7.05 Å². The van der Waals surface area contributed by atoms with Crippen LogP contribution in [0.3, 0.4) is 0 Å². The monoisotopic (exact) mass is 219 g/mol. The van der Waals surface area contributed by atoms with Crippen molar-refractivity contribution in [3.8, 4) is 0 Å². The third kappa shape index (κ3) is 1.44. The molecular formula is C10H9N3O3. The SMILES string of the molecule is CC(=O)c1cc([N+](=O)[O-])c2cnn(C)c2c1. The predicted octanol–water partition coefficient (Wildman–Crippen LogP) is 1.68. The normalized spacial score (nSPS) is 10.6. The van der Waals surface area contributed by atoms with Crippen LogP contribution < -0.4 is 0 Å². The Morgan fingerprint density at radius 2 is 2.19 bits per heavy atom. The second-order valence-electron chi connectivity index (χ2n) is 3.51. The molecule has 1 heterocycles. The minimum atomic E-state index is -0.504. The van der Waals surface area contributed by atoms with E-state index in [1.807, 2.05) is 0 Å². The van der Waals surface area contributed by atoms with E-state index >= 15 is 0 Å². The number of nitro groups is 1. The highest BCUT2D eigenvalue weighted by Gasteiger charge is 2.17. The van der Waals surface area contributed by atoms with Crippen molar-refractivity contribution in [3.05, 3.63) is 34.0 Å². The van der Waals surface area contributed by atoms with Gasteiger partial charge in [-0.05, 0) is 13.0 Å². The highest BCUT2D eigenvalue weighted by atomic mass is 16.6. The number of non-ortho nitro benzene ring substituents is 1. The molecule has 2 aromatic rings. The van der Waals surface area contributed by atoms with Gasteiger partial charge in [0.05, 0.1) is 22.0 Å². The smallest absolute Gasteiger partial charge is 0.281 e. The van der Waals surface area contributed by atoms with Gasteiger partial charge >= 0.3 is 0 Å². The van der Waals surface area contributed by atoms with Crippen molar-refractivity contribution in [1.82, 2.24) is 9.78 Å². The summed E-state index contributed by atoms with van der Waals surface area (Å²) in [6, 6.07) is 2.89. The van der Waals surface area contributed by atoms with Gasteiger partial charge in [0.25, 0.3) is 5.69 Å². The summed E-state index contributed by atoms with van der Waals surface area (Å²) in [7, 11) is 1.68. The number of nitrogens with zero attached hydrogens (tertiary/aromatic N) is 3. The van der Waals surface area contributed by atoms with E-state index in [0.29, 0.717) is 16.5 Å². The molecule has 6 nitrogen and oxygen atoms in total. The maximum absolute atomic E-state index is 11.2. The summed E-state index contributed by atoms with van der Waals surface area (Å²) in [5.41, 5.74) is 0.818. The summed E-state index contributed by atoms with van der Waals surface area (Å²) in [5.74, 6) is -0.203. The summed E-state index contributed by atoms with van der Waals surface area (Å²) in [6.45, 7) is 1.38. The molecule has 82 valence electrons. The Bertz CT molecular complexity index is 601. The van der Waals surface area contributed by atoms with Crippen LogP contribution in [-0.4, -0.2) is 20.5 Å². The Balaban J connectivity index is 2.86. The van der Waals surface area contributed by atoms with Crippen LogP contribution in [0.25, 0.3) is 10.9 Å². The number of ketones is 1. The number of rotatable bonds is 2. The fourth-order valence-electron chi connectivity index (χ4n) is 1.58. The van der Waals surface area contributed by atoms with Crippen LogP contribution >= 0.6 is 0 Å². The number of carbonyl (C=O) groups is 1. The largest absolute Gasteiger partial charge is 0.295 e. The molecule has 1 aromatic heterocycles. The van der Waals surface area contributed by atoms with Crippen LogP contribution in [0.2, 0.25) is 0 Å². The number of Topliss-reactive ketones (excluding diaryl/α,β-unsaturated/α-hetero) is 1. The lowest BCUT2D eigenvalue weighted by molar-refractivity contribution is -0.383. The number of fused-ring (bicyclic) bond motifs is 1. The van der Waals surface area contributed by atoms with Gasteiger partial charge in [-0.1, -0.05) is 0 Å². The third-order valence-corrected chi connectivity index (χ3v) is 2.45. The lowest BCUT2D eigenvalue weighted by atomic mass is 10.1. The topological polar surface area (TPSA) is 78.0 Å². The first-order valence-electron chi connectivity index (χ1n) is 4.62. The summed E-state index contributed by atoms with van der Waals surface area (Å²) in [5, 5.41) is 15.2. The zero-order chi connectivity index (χ0) is 11.9. The van der Waals surface area contributed by atoms with Crippen LogP contribution in [0, 0.1) is 10.1 Å². The van der Waals surface area contributed by atoms with Crippen molar-refractivity contribution in [2.75, 3.05) is 0 Å². The van der Waals surface area contributed by atoms with Gasteiger partial charge in [0.1, 0.15) is 0 Å². The number of carbonyl (C=O) groups excluding carboxylic acids is 1. The molecule has 6 heteroatoms. The second kappa shape index (κ2) is 3.41. The van der Waals surface area contributed by atoms with E-state index in [-0.39, 0.29) is 11.5 Å². The number of benzene rings is 1. The summed E-state index contributed by atoms with van der Waals surface area (Å²) in [4.78, 5) is 21.6. The zero-order valence-corrected chi connectivity index (χ0v) is 8.80. The molecule has 1 aromatic carbocycles. The van der Waals surface area contributed by atoms with E-state index in [2.05, 4.69) is 5.10 Å². The molecule has 0 N–H and O–H groups in total. The Morgan fingerprint density at radius 1 is 1.50 bits per heavy atom. The van der Waals surface area contributed by atoms with Crippen molar-refractivity contribution in [1.29, 1.82) is 0 Å². The first-order chi connectivity index (χ1) is 7.50. The molecular weight excluding hydrogens is 210 g/mol. The van der Waals surface area contributed by atoms with Gasteiger partial charge in [0, 0.05) is 18.7 Å². The Morgan fingerprint density at radius 3 is 2.75 bits per heavy atom. The van der Waals surface area contributed by atoms with Gasteiger partial charge in [0.2, 0.25) is 0 Å². The molecule has 0 saturated heterocycles. The van der Waals surface area contributed by atoms with Gasteiger partial charge in [-0.25, -0.2) is 0 Å². The maximum atomic E-state index is 11.2. The molecule has 0 aliphatic rings. The lowest BCUT2D eigenvalue weighted by Gasteiger charge is -1.99. The fraction of sp³-hybridized carbons (Fsp3) is 0.200. The van der Waals surface area contributed by atoms with Gasteiger partial charge in [-0.3, -0.25) is 19.6 Å². The molecule has 0 atom stereocenters. The first kappa shape index (κ1) is 10.3. The van der Waals surface area contributed by atoms with Gasteiger partial charge in [-0.2, -0.15) is 5.10 Å². The van der Waals surface area contributed by atoms with E-state index in [0.717, 1.165) is 0 Å². The molecule has 2 rings (SSSR count). The zero-order valence-electron chi connectivity index (χ0n) is 8.80. The van der Waals surface area contributed by atoms with Crippen LogP contribution in [0.4, 0.5) is 5.69 Å². The molecule has 16 heavy (non-hydrogen) atoms. The minimum absolute atomic E-state index is 0.0872. The highest BCUT2D eigenvalue weighted by molar-refractivity contribution is 6.00. The van der Waals surface area contributed by atoms with E-state index in [4.69, 9.17) is 0 Å². The second-order valence-corrected chi connectivity index (χ2v) is 3.51. The Hall–Kier alpha value is -2.24. The van der Waals surface area contributed by atoms with E-state index in [9.17, 15) is 14.9 Å². The molecule has 0 spiro atoms. The predicted molar refractivity (Wildman–Crippen MR) is 57.4 cm³/mol. The molecule has 0 fully saturated rings. The third-order valence-electron chi connectivity index (χ3n) is 2.45. The molecule has 0 unspecified atom stereocenters. The maximum Gasteiger partial charge on any atom is 0.281 e. The Kier molecular flexibility index (Phi) is 2.19. The average molecular weight is 219 g/mol. The number of aromatic nitrogens is 2. The van der Waals surface area contributed by atoms with Gasteiger partial charge in [0.15, 0.2) is 5.78 Å². The van der Waals surface area contributed by atoms with E-state index in [1.165, 1.54) is 23.9 Å². The molecule has 0 aliphatic heterocycles. The number of hydrogen-bond donors (Lipinski definition) is 0. The van der Waals surface area contributed by atoms with E-state index in [1.54, 1.807) is 13.1 Å². The van der Waals surface area contributed by atoms with Crippen molar-refractivity contribution >= 4 is 22.4 Å².